The molecular formula is C17H20ClNOS. The number of aryl methyl sites for hydroxylation is 1. The van der Waals surface area contributed by atoms with Crippen LogP contribution in [-0.2, 0) is 5.75 Å². The molecule has 0 heterocycles. The third kappa shape index (κ3) is 5.27. The Labute approximate surface area is 135 Å². The van der Waals surface area contributed by atoms with Gasteiger partial charge in [-0.25, -0.2) is 0 Å². The smallest absolute Gasteiger partial charge is 0.0847 e. The molecule has 2 rings (SSSR count). The molecule has 0 bridgehead atoms. The summed E-state index contributed by atoms with van der Waals surface area (Å²) in [6.07, 6.45) is -0.526. The van der Waals surface area contributed by atoms with Gasteiger partial charge in [0, 0.05) is 22.9 Å². The van der Waals surface area contributed by atoms with E-state index in [1.165, 1.54) is 16.0 Å². The Kier molecular flexibility index (Phi) is 6.43. The van der Waals surface area contributed by atoms with Gasteiger partial charge in [0.2, 0.25) is 0 Å². The zero-order valence-corrected chi connectivity index (χ0v) is 13.6. The fourth-order valence-electron chi connectivity index (χ4n) is 1.87. The number of anilines is 1. The van der Waals surface area contributed by atoms with Crippen LogP contribution in [0.5, 0.6) is 0 Å². The Hall–Kier alpha value is -1.16. The Bertz CT molecular complexity index is 559. The van der Waals surface area contributed by atoms with Gasteiger partial charge in [-0.1, -0.05) is 42.0 Å². The highest BCUT2D eigenvalue weighted by atomic mass is 35.5. The average molecular weight is 322 g/mol. The lowest BCUT2D eigenvalue weighted by atomic mass is 10.2. The largest absolute Gasteiger partial charge is 0.390 e. The molecule has 1 atom stereocenters. The highest BCUT2D eigenvalue weighted by molar-refractivity contribution is 7.98. The van der Waals surface area contributed by atoms with Crippen molar-refractivity contribution in [3.8, 4) is 0 Å². The van der Waals surface area contributed by atoms with Crippen molar-refractivity contribution in [1.82, 2.24) is 0 Å². The number of alkyl halides is 1. The standard InChI is InChI=1S/C17H20ClNOS/c1-13-6-8-14(9-7-13)12-21-17-5-3-2-4-16(17)19-11-15(20)10-18/h2-9,15,19-20H,10-12H2,1H3. The molecule has 21 heavy (non-hydrogen) atoms. The Morgan fingerprint density at radius 2 is 1.86 bits per heavy atom. The third-order valence-corrected chi connectivity index (χ3v) is 4.61. The third-order valence-electron chi connectivity index (χ3n) is 3.11. The first-order valence-electron chi connectivity index (χ1n) is 6.94. The summed E-state index contributed by atoms with van der Waals surface area (Å²) >= 11 is 7.40. The van der Waals surface area contributed by atoms with E-state index in [1.807, 2.05) is 18.2 Å². The molecule has 0 radical (unpaired) electrons. The van der Waals surface area contributed by atoms with Gasteiger partial charge in [-0.15, -0.1) is 23.4 Å². The second kappa shape index (κ2) is 8.32. The maximum absolute atomic E-state index is 9.54. The lowest BCUT2D eigenvalue weighted by Gasteiger charge is -2.13. The zero-order valence-electron chi connectivity index (χ0n) is 12.1. The molecule has 2 N–H and O–H groups in total. The second-order valence-corrected chi connectivity index (χ2v) is 6.29. The van der Waals surface area contributed by atoms with Crippen LogP contribution in [0, 0.1) is 6.92 Å². The molecule has 1 unspecified atom stereocenters. The normalized spacial score (nSPS) is 12.1. The lowest BCUT2D eigenvalue weighted by Crippen LogP contribution is -2.20. The SMILES string of the molecule is Cc1ccc(CSc2ccccc2NCC(O)CCl)cc1. The minimum atomic E-state index is -0.526. The van der Waals surface area contributed by atoms with Crippen LogP contribution in [0.15, 0.2) is 53.4 Å². The van der Waals surface area contributed by atoms with E-state index in [1.54, 1.807) is 11.8 Å². The van der Waals surface area contributed by atoms with Crippen LogP contribution in [0.25, 0.3) is 0 Å². The monoisotopic (exact) mass is 321 g/mol. The first kappa shape index (κ1) is 16.2. The molecule has 0 fully saturated rings. The summed E-state index contributed by atoms with van der Waals surface area (Å²) in [5.74, 6) is 1.17. The summed E-state index contributed by atoms with van der Waals surface area (Å²) in [4.78, 5) is 1.18. The fraction of sp³-hybridized carbons (Fsp3) is 0.294. The van der Waals surface area contributed by atoms with Crippen molar-refractivity contribution in [3.05, 3.63) is 59.7 Å². The summed E-state index contributed by atoms with van der Waals surface area (Å²) in [5.41, 5.74) is 3.63. The van der Waals surface area contributed by atoms with Gasteiger partial charge in [0.25, 0.3) is 0 Å². The van der Waals surface area contributed by atoms with Crippen LogP contribution in [0.1, 0.15) is 11.1 Å². The molecule has 0 spiro atoms. The second-order valence-electron chi connectivity index (χ2n) is 4.96. The van der Waals surface area contributed by atoms with Gasteiger partial charge in [-0.05, 0) is 24.6 Å². The fourth-order valence-corrected chi connectivity index (χ4v) is 2.96. The number of thioether (sulfide) groups is 1. The molecule has 0 aliphatic rings. The van der Waals surface area contributed by atoms with E-state index in [9.17, 15) is 5.11 Å². The van der Waals surface area contributed by atoms with Crippen LogP contribution < -0.4 is 5.32 Å². The molecule has 2 aromatic carbocycles. The van der Waals surface area contributed by atoms with Gasteiger partial charge in [-0.2, -0.15) is 0 Å². The van der Waals surface area contributed by atoms with Crippen LogP contribution in [0.4, 0.5) is 5.69 Å². The molecule has 0 aliphatic carbocycles. The number of rotatable bonds is 7. The molecule has 0 saturated carbocycles. The van der Waals surface area contributed by atoms with Crippen LogP contribution in [0.3, 0.4) is 0 Å². The Balaban J connectivity index is 1.97. The first-order valence-corrected chi connectivity index (χ1v) is 8.46. The minimum Gasteiger partial charge on any atom is -0.390 e. The molecule has 112 valence electrons. The van der Waals surface area contributed by atoms with Crippen LogP contribution in [0.2, 0.25) is 0 Å². The molecule has 2 nitrogen and oxygen atoms in total. The number of hydrogen-bond acceptors (Lipinski definition) is 3. The van der Waals surface area contributed by atoms with Crippen molar-refractivity contribution in [1.29, 1.82) is 0 Å². The summed E-state index contributed by atoms with van der Waals surface area (Å²) in [7, 11) is 0. The van der Waals surface area contributed by atoms with Crippen molar-refractivity contribution in [2.45, 2.75) is 23.7 Å². The number of aliphatic hydroxyl groups is 1. The number of hydrogen-bond donors (Lipinski definition) is 2. The van der Waals surface area contributed by atoms with Crippen molar-refractivity contribution in [2.75, 3.05) is 17.7 Å². The topological polar surface area (TPSA) is 32.3 Å². The number of nitrogens with one attached hydrogen (secondary N) is 1. The lowest BCUT2D eigenvalue weighted by molar-refractivity contribution is 0.211. The van der Waals surface area contributed by atoms with Crippen LogP contribution >= 0.6 is 23.4 Å². The van der Waals surface area contributed by atoms with Crippen molar-refractivity contribution >= 4 is 29.1 Å². The first-order chi connectivity index (χ1) is 10.2. The van der Waals surface area contributed by atoms with E-state index in [-0.39, 0.29) is 5.88 Å². The van der Waals surface area contributed by atoms with E-state index in [4.69, 9.17) is 11.6 Å². The number of benzene rings is 2. The highest BCUT2D eigenvalue weighted by Crippen LogP contribution is 2.29. The van der Waals surface area contributed by atoms with Gasteiger partial charge >= 0.3 is 0 Å². The van der Waals surface area contributed by atoms with Crippen molar-refractivity contribution < 1.29 is 5.11 Å². The van der Waals surface area contributed by atoms with Gasteiger partial charge in [0.15, 0.2) is 0 Å². The Morgan fingerprint density at radius 1 is 1.14 bits per heavy atom. The van der Waals surface area contributed by atoms with E-state index < -0.39 is 6.10 Å². The molecule has 0 aromatic heterocycles. The van der Waals surface area contributed by atoms with E-state index in [0.717, 1.165) is 11.4 Å². The number of para-hydroxylation sites is 1. The summed E-state index contributed by atoms with van der Waals surface area (Å²) in [6, 6.07) is 16.7. The van der Waals surface area contributed by atoms with E-state index in [2.05, 4.69) is 42.6 Å². The maximum Gasteiger partial charge on any atom is 0.0847 e. The van der Waals surface area contributed by atoms with Gasteiger partial charge in [0.05, 0.1) is 12.0 Å². The Morgan fingerprint density at radius 3 is 2.57 bits per heavy atom. The highest BCUT2D eigenvalue weighted by Gasteiger charge is 2.06. The maximum atomic E-state index is 9.54. The zero-order chi connectivity index (χ0) is 15.1. The van der Waals surface area contributed by atoms with Crippen LogP contribution in [-0.4, -0.2) is 23.6 Å². The number of aliphatic hydroxyl groups excluding tert-OH is 1. The molecule has 0 amide bonds. The summed E-state index contributed by atoms with van der Waals surface area (Å²) in [5, 5.41) is 12.8. The van der Waals surface area contributed by atoms with Gasteiger partial charge in [-0.3, -0.25) is 0 Å². The quantitative estimate of drug-likeness (QED) is 0.589. The minimum absolute atomic E-state index is 0.242. The summed E-state index contributed by atoms with van der Waals surface area (Å²) < 4.78 is 0. The van der Waals surface area contributed by atoms with E-state index >= 15 is 0 Å². The van der Waals surface area contributed by atoms with Gasteiger partial charge < -0.3 is 10.4 Å². The molecular weight excluding hydrogens is 302 g/mol. The average Bonchev–Trinajstić information content (AvgIpc) is 2.52. The molecule has 2 aromatic rings. The molecule has 0 saturated heterocycles. The van der Waals surface area contributed by atoms with E-state index in [0.29, 0.717) is 6.54 Å². The van der Waals surface area contributed by atoms with Gasteiger partial charge in [0.1, 0.15) is 0 Å². The molecule has 4 heteroatoms. The predicted octanol–water partition coefficient (Wildman–Crippen LogP) is 4.30. The van der Waals surface area contributed by atoms with Crippen molar-refractivity contribution in [3.63, 3.8) is 0 Å². The number of halogens is 1. The predicted molar refractivity (Wildman–Crippen MR) is 92.4 cm³/mol. The summed E-state index contributed by atoms with van der Waals surface area (Å²) in [6.45, 7) is 2.56. The van der Waals surface area contributed by atoms with Crippen molar-refractivity contribution in [2.24, 2.45) is 0 Å². The molecule has 0 aliphatic heterocycles.